The van der Waals surface area contributed by atoms with Gasteiger partial charge in [-0.2, -0.15) is 0 Å². The lowest BCUT2D eigenvalue weighted by atomic mass is 10.1. The van der Waals surface area contributed by atoms with E-state index < -0.39 is 6.09 Å². The molecule has 146 valence electrons. The summed E-state index contributed by atoms with van der Waals surface area (Å²) < 4.78 is 10.5. The molecule has 29 heavy (non-hydrogen) atoms. The third kappa shape index (κ3) is 3.91. The van der Waals surface area contributed by atoms with E-state index in [4.69, 9.17) is 14.5 Å². The number of para-hydroxylation sites is 1. The predicted octanol–water partition coefficient (Wildman–Crippen LogP) is 5.00. The van der Waals surface area contributed by atoms with Gasteiger partial charge in [0.25, 0.3) is 0 Å². The Morgan fingerprint density at radius 2 is 1.72 bits per heavy atom. The Morgan fingerprint density at radius 3 is 2.48 bits per heavy atom. The molecular formula is C23H21N3O3. The minimum absolute atomic E-state index is 0.221. The van der Waals surface area contributed by atoms with Gasteiger partial charge < -0.3 is 20.1 Å². The lowest BCUT2D eigenvalue weighted by Gasteiger charge is -2.14. The molecule has 1 amide bonds. The first-order chi connectivity index (χ1) is 14.2. The van der Waals surface area contributed by atoms with E-state index in [9.17, 15) is 4.79 Å². The van der Waals surface area contributed by atoms with Crippen LogP contribution in [0.5, 0.6) is 5.75 Å². The fourth-order valence-corrected chi connectivity index (χ4v) is 3.18. The fourth-order valence-electron chi connectivity index (χ4n) is 3.18. The van der Waals surface area contributed by atoms with Crippen molar-refractivity contribution in [1.82, 2.24) is 10.3 Å². The number of benzene rings is 3. The minimum atomic E-state index is -0.448. The van der Waals surface area contributed by atoms with Gasteiger partial charge in [0.1, 0.15) is 12.4 Å². The van der Waals surface area contributed by atoms with Crippen molar-refractivity contribution in [3.63, 3.8) is 0 Å². The van der Waals surface area contributed by atoms with Crippen molar-refractivity contribution in [1.29, 1.82) is 0 Å². The first kappa shape index (κ1) is 18.6. The summed E-state index contributed by atoms with van der Waals surface area (Å²) in [7, 11) is 3.19. The lowest BCUT2D eigenvalue weighted by molar-refractivity contribution is 0.142. The smallest absolute Gasteiger partial charge is 0.407 e. The van der Waals surface area contributed by atoms with Crippen LogP contribution in [0.25, 0.3) is 21.8 Å². The Morgan fingerprint density at radius 1 is 0.966 bits per heavy atom. The number of alkyl carbamates (subject to hydrolysis) is 1. The molecule has 0 aliphatic heterocycles. The summed E-state index contributed by atoms with van der Waals surface area (Å²) in [5.74, 6) is 0.777. The van der Waals surface area contributed by atoms with Crippen LogP contribution >= 0.6 is 0 Å². The maximum absolute atomic E-state index is 11.2. The molecule has 0 fully saturated rings. The third-order valence-corrected chi connectivity index (χ3v) is 4.68. The number of methoxy groups -OCH3 is 1. The van der Waals surface area contributed by atoms with Gasteiger partial charge in [0.05, 0.1) is 23.8 Å². The number of pyridine rings is 1. The highest BCUT2D eigenvalue weighted by Crippen LogP contribution is 2.35. The van der Waals surface area contributed by atoms with Crippen LogP contribution in [0.1, 0.15) is 5.56 Å². The zero-order valence-corrected chi connectivity index (χ0v) is 16.2. The van der Waals surface area contributed by atoms with Crippen LogP contribution < -0.4 is 15.4 Å². The van der Waals surface area contributed by atoms with Gasteiger partial charge in [-0.1, -0.05) is 30.3 Å². The van der Waals surface area contributed by atoms with Gasteiger partial charge in [-0.25, -0.2) is 9.78 Å². The second-order valence-corrected chi connectivity index (χ2v) is 6.54. The molecule has 6 heteroatoms. The minimum Gasteiger partial charge on any atom is -0.497 e. The van der Waals surface area contributed by atoms with Crippen molar-refractivity contribution in [2.24, 2.45) is 0 Å². The summed E-state index contributed by atoms with van der Waals surface area (Å²) in [5.41, 5.74) is 4.61. The SMILES string of the molecule is CNC(=O)OCc1ccc(Nc2c3ccccc3nc3ccc(OC)cc23)cc1. The number of carbonyl (C=O) groups excluding carboxylic acids is 1. The number of nitrogens with zero attached hydrogens (tertiary/aromatic N) is 1. The van der Waals surface area contributed by atoms with Gasteiger partial charge >= 0.3 is 6.09 Å². The van der Waals surface area contributed by atoms with Gasteiger partial charge in [-0.15, -0.1) is 0 Å². The molecule has 4 rings (SSSR count). The first-order valence-corrected chi connectivity index (χ1v) is 9.25. The van der Waals surface area contributed by atoms with Crippen molar-refractivity contribution in [2.45, 2.75) is 6.61 Å². The average molecular weight is 387 g/mol. The highest BCUT2D eigenvalue weighted by molar-refractivity contribution is 6.09. The number of fused-ring (bicyclic) bond motifs is 2. The van der Waals surface area contributed by atoms with E-state index in [1.807, 2.05) is 60.7 Å². The van der Waals surface area contributed by atoms with Crippen LogP contribution in [-0.4, -0.2) is 25.2 Å². The first-order valence-electron chi connectivity index (χ1n) is 9.25. The summed E-state index contributed by atoms with van der Waals surface area (Å²) in [6.45, 7) is 0.221. The van der Waals surface area contributed by atoms with Gasteiger partial charge in [-0.3, -0.25) is 0 Å². The normalized spacial score (nSPS) is 10.7. The molecular weight excluding hydrogens is 366 g/mol. The van der Waals surface area contributed by atoms with E-state index in [-0.39, 0.29) is 6.61 Å². The maximum Gasteiger partial charge on any atom is 0.407 e. The third-order valence-electron chi connectivity index (χ3n) is 4.68. The number of ether oxygens (including phenoxy) is 2. The van der Waals surface area contributed by atoms with E-state index in [1.165, 1.54) is 7.05 Å². The van der Waals surface area contributed by atoms with Crippen LogP contribution in [0.2, 0.25) is 0 Å². The van der Waals surface area contributed by atoms with Crippen LogP contribution in [0.4, 0.5) is 16.2 Å². The zero-order valence-electron chi connectivity index (χ0n) is 16.2. The molecule has 0 radical (unpaired) electrons. The molecule has 0 atom stereocenters. The second kappa shape index (κ2) is 8.06. The highest BCUT2D eigenvalue weighted by atomic mass is 16.5. The molecule has 2 N–H and O–H groups in total. The molecule has 1 heterocycles. The molecule has 0 aliphatic carbocycles. The highest BCUT2D eigenvalue weighted by Gasteiger charge is 2.11. The Hall–Kier alpha value is -3.80. The van der Waals surface area contributed by atoms with Crippen LogP contribution in [0, 0.1) is 0 Å². The molecule has 4 aromatic rings. The van der Waals surface area contributed by atoms with Crippen LogP contribution in [-0.2, 0) is 11.3 Å². The van der Waals surface area contributed by atoms with E-state index in [2.05, 4.69) is 16.7 Å². The number of carbonyl (C=O) groups is 1. The van der Waals surface area contributed by atoms with Gasteiger partial charge in [0.2, 0.25) is 0 Å². The standard InChI is InChI=1S/C23H21N3O3/c1-24-23(27)29-14-15-7-9-16(10-8-15)25-22-18-5-3-4-6-20(18)26-21-12-11-17(28-2)13-19(21)22/h3-13H,14H2,1-2H3,(H,24,27)(H,25,26). The van der Waals surface area contributed by atoms with Crippen molar-refractivity contribution < 1.29 is 14.3 Å². The summed E-state index contributed by atoms with van der Waals surface area (Å²) >= 11 is 0. The summed E-state index contributed by atoms with van der Waals surface area (Å²) in [6, 6.07) is 21.7. The number of nitrogens with one attached hydrogen (secondary N) is 2. The molecule has 0 spiro atoms. The van der Waals surface area contributed by atoms with Crippen molar-refractivity contribution in [3.05, 3.63) is 72.3 Å². The van der Waals surface area contributed by atoms with Crippen LogP contribution in [0.15, 0.2) is 66.7 Å². The van der Waals surface area contributed by atoms with E-state index >= 15 is 0 Å². The molecule has 0 unspecified atom stereocenters. The quantitative estimate of drug-likeness (QED) is 0.472. The molecule has 0 saturated carbocycles. The second-order valence-electron chi connectivity index (χ2n) is 6.54. The predicted molar refractivity (Wildman–Crippen MR) is 115 cm³/mol. The van der Waals surface area contributed by atoms with E-state index in [1.54, 1.807) is 7.11 Å². The van der Waals surface area contributed by atoms with Gasteiger partial charge in [0.15, 0.2) is 0 Å². The maximum atomic E-state index is 11.2. The fraction of sp³-hybridized carbons (Fsp3) is 0.130. The summed E-state index contributed by atoms with van der Waals surface area (Å²) in [4.78, 5) is 16.0. The largest absolute Gasteiger partial charge is 0.497 e. The van der Waals surface area contributed by atoms with Crippen LogP contribution in [0.3, 0.4) is 0 Å². The molecule has 0 bridgehead atoms. The van der Waals surface area contributed by atoms with E-state index in [0.29, 0.717) is 0 Å². The Balaban J connectivity index is 1.71. The average Bonchev–Trinajstić information content (AvgIpc) is 2.77. The molecule has 1 aromatic heterocycles. The van der Waals surface area contributed by atoms with Crippen molar-refractivity contribution >= 4 is 39.3 Å². The van der Waals surface area contributed by atoms with Crippen molar-refractivity contribution in [3.8, 4) is 5.75 Å². The monoisotopic (exact) mass is 387 g/mol. The number of anilines is 2. The number of rotatable bonds is 5. The summed E-state index contributed by atoms with van der Waals surface area (Å²) in [6.07, 6.45) is -0.448. The van der Waals surface area contributed by atoms with Gasteiger partial charge in [0, 0.05) is 23.5 Å². The molecule has 0 saturated heterocycles. The number of amides is 1. The van der Waals surface area contributed by atoms with Crippen molar-refractivity contribution in [2.75, 3.05) is 19.5 Å². The topological polar surface area (TPSA) is 72.5 Å². The Kier molecular flexibility index (Phi) is 5.16. The molecule has 0 aliphatic rings. The number of hydrogen-bond donors (Lipinski definition) is 2. The zero-order chi connectivity index (χ0) is 20.2. The summed E-state index contributed by atoms with van der Waals surface area (Å²) in [5, 5.41) is 7.97. The molecule has 6 nitrogen and oxygen atoms in total. The Bertz CT molecular complexity index is 1170. The number of aromatic nitrogens is 1. The molecule has 3 aromatic carbocycles. The number of hydrogen-bond acceptors (Lipinski definition) is 5. The van der Waals surface area contributed by atoms with Gasteiger partial charge in [-0.05, 0) is 42.0 Å². The Labute approximate surface area is 168 Å². The lowest BCUT2D eigenvalue weighted by Crippen LogP contribution is -2.18. The van der Waals surface area contributed by atoms with E-state index in [0.717, 1.165) is 44.5 Å².